The van der Waals surface area contributed by atoms with Crippen molar-refractivity contribution in [3.05, 3.63) is 34.6 Å². The van der Waals surface area contributed by atoms with Crippen LogP contribution >= 0.6 is 11.6 Å². The molecule has 2 rings (SSSR count). The van der Waals surface area contributed by atoms with Crippen molar-refractivity contribution in [3.8, 4) is 0 Å². The van der Waals surface area contributed by atoms with Crippen LogP contribution in [0.5, 0.6) is 0 Å². The van der Waals surface area contributed by atoms with Crippen LogP contribution in [-0.2, 0) is 5.41 Å². The second kappa shape index (κ2) is 6.23. The van der Waals surface area contributed by atoms with E-state index in [4.69, 9.17) is 11.6 Å². The molecule has 0 heterocycles. The molecule has 0 atom stereocenters. The van der Waals surface area contributed by atoms with Crippen LogP contribution in [0.25, 0.3) is 0 Å². The standard InChI is InChI=1S/C16H23ClFN/c1-3-19-11-16(9-7-12(2)8-10-16)13-5-4-6-14(17)15(13)18/h4-6,12,19H,3,7-11H2,1-2H3. The van der Waals surface area contributed by atoms with Gasteiger partial charge in [0.1, 0.15) is 5.82 Å². The van der Waals surface area contributed by atoms with E-state index in [-0.39, 0.29) is 16.3 Å². The van der Waals surface area contributed by atoms with E-state index in [1.165, 1.54) is 0 Å². The van der Waals surface area contributed by atoms with Crippen molar-refractivity contribution in [3.63, 3.8) is 0 Å². The minimum atomic E-state index is -0.225. The minimum Gasteiger partial charge on any atom is -0.316 e. The topological polar surface area (TPSA) is 12.0 Å². The molecule has 0 spiro atoms. The molecule has 0 bridgehead atoms. The number of nitrogens with one attached hydrogen (secondary N) is 1. The Morgan fingerprint density at radius 3 is 2.68 bits per heavy atom. The van der Waals surface area contributed by atoms with Gasteiger partial charge in [-0.25, -0.2) is 4.39 Å². The van der Waals surface area contributed by atoms with Crippen LogP contribution in [-0.4, -0.2) is 13.1 Å². The highest BCUT2D eigenvalue weighted by molar-refractivity contribution is 6.30. The van der Waals surface area contributed by atoms with Gasteiger partial charge in [0.15, 0.2) is 0 Å². The van der Waals surface area contributed by atoms with Crippen LogP contribution in [0.2, 0.25) is 5.02 Å². The molecular weight excluding hydrogens is 261 g/mol. The van der Waals surface area contributed by atoms with Crippen LogP contribution in [0.15, 0.2) is 18.2 Å². The number of halogens is 2. The van der Waals surface area contributed by atoms with Gasteiger partial charge in [0, 0.05) is 12.0 Å². The van der Waals surface area contributed by atoms with Crippen molar-refractivity contribution < 1.29 is 4.39 Å². The maximum Gasteiger partial charge on any atom is 0.145 e. The lowest BCUT2D eigenvalue weighted by Crippen LogP contribution is -2.41. The molecule has 0 unspecified atom stereocenters. The van der Waals surface area contributed by atoms with Crippen molar-refractivity contribution >= 4 is 11.6 Å². The zero-order valence-electron chi connectivity index (χ0n) is 11.8. The first kappa shape index (κ1) is 14.8. The lowest BCUT2D eigenvalue weighted by molar-refractivity contribution is 0.229. The van der Waals surface area contributed by atoms with Gasteiger partial charge in [-0.2, -0.15) is 0 Å². The molecule has 0 aromatic heterocycles. The molecule has 1 fully saturated rings. The third-order valence-corrected chi connectivity index (χ3v) is 4.76. The molecule has 19 heavy (non-hydrogen) atoms. The van der Waals surface area contributed by atoms with Crippen LogP contribution < -0.4 is 5.32 Å². The van der Waals surface area contributed by atoms with Crippen LogP contribution in [0, 0.1) is 11.7 Å². The van der Waals surface area contributed by atoms with Gasteiger partial charge in [-0.05, 0) is 49.8 Å². The van der Waals surface area contributed by atoms with Crippen molar-refractivity contribution in [2.75, 3.05) is 13.1 Å². The number of likely N-dealkylation sites (N-methyl/N-ethyl adjacent to an activating group) is 1. The summed E-state index contributed by atoms with van der Waals surface area (Å²) in [5.41, 5.74) is 0.713. The lowest BCUT2D eigenvalue weighted by atomic mass is 9.66. The number of hydrogen-bond acceptors (Lipinski definition) is 1. The Kier molecular flexibility index (Phi) is 4.86. The first-order valence-corrected chi connectivity index (χ1v) is 7.62. The maximum absolute atomic E-state index is 14.4. The smallest absolute Gasteiger partial charge is 0.145 e. The molecule has 1 saturated carbocycles. The summed E-state index contributed by atoms with van der Waals surface area (Å²) in [4.78, 5) is 0. The fraction of sp³-hybridized carbons (Fsp3) is 0.625. The Labute approximate surface area is 120 Å². The summed E-state index contributed by atoms with van der Waals surface area (Å²) in [7, 11) is 0. The van der Waals surface area contributed by atoms with Crippen LogP contribution in [0.4, 0.5) is 4.39 Å². The first-order chi connectivity index (χ1) is 9.09. The average Bonchev–Trinajstić information content (AvgIpc) is 2.42. The molecule has 3 heteroatoms. The van der Waals surface area contributed by atoms with E-state index in [1.54, 1.807) is 6.07 Å². The molecule has 1 aliphatic carbocycles. The van der Waals surface area contributed by atoms with Gasteiger partial charge >= 0.3 is 0 Å². The van der Waals surface area contributed by atoms with Gasteiger partial charge in [-0.15, -0.1) is 0 Å². The van der Waals surface area contributed by atoms with Gasteiger partial charge in [-0.1, -0.05) is 37.6 Å². The van der Waals surface area contributed by atoms with E-state index in [1.807, 2.05) is 12.1 Å². The summed E-state index contributed by atoms with van der Waals surface area (Å²) in [6.45, 7) is 6.13. The van der Waals surface area contributed by atoms with E-state index in [2.05, 4.69) is 19.2 Å². The minimum absolute atomic E-state index is 0.0858. The summed E-state index contributed by atoms with van der Waals surface area (Å²) >= 11 is 5.96. The molecule has 1 N–H and O–H groups in total. The summed E-state index contributed by atoms with van der Waals surface area (Å²) in [5, 5.41) is 3.65. The maximum atomic E-state index is 14.4. The number of benzene rings is 1. The van der Waals surface area contributed by atoms with Gasteiger partial charge < -0.3 is 5.32 Å². The molecule has 1 aromatic rings. The highest BCUT2D eigenvalue weighted by atomic mass is 35.5. The average molecular weight is 284 g/mol. The Morgan fingerprint density at radius 1 is 1.37 bits per heavy atom. The van der Waals surface area contributed by atoms with Crippen molar-refractivity contribution in [1.29, 1.82) is 0 Å². The molecule has 1 nitrogen and oxygen atoms in total. The molecular formula is C16H23ClFN. The lowest BCUT2D eigenvalue weighted by Gasteiger charge is -2.40. The molecule has 0 amide bonds. The normalized spacial score (nSPS) is 27.5. The third kappa shape index (κ3) is 3.11. The summed E-state index contributed by atoms with van der Waals surface area (Å²) in [6, 6.07) is 5.41. The zero-order valence-corrected chi connectivity index (χ0v) is 12.6. The van der Waals surface area contributed by atoms with Crippen molar-refractivity contribution in [2.45, 2.75) is 44.9 Å². The highest BCUT2D eigenvalue weighted by Gasteiger charge is 2.37. The van der Waals surface area contributed by atoms with E-state index >= 15 is 0 Å². The van der Waals surface area contributed by atoms with E-state index in [0.717, 1.165) is 50.3 Å². The summed E-state index contributed by atoms with van der Waals surface area (Å²) in [6.07, 6.45) is 4.41. The fourth-order valence-corrected chi connectivity index (χ4v) is 3.31. The van der Waals surface area contributed by atoms with Gasteiger partial charge in [0.25, 0.3) is 0 Å². The number of rotatable bonds is 4. The van der Waals surface area contributed by atoms with Crippen molar-refractivity contribution in [1.82, 2.24) is 5.32 Å². The third-order valence-electron chi connectivity index (χ3n) is 4.47. The molecule has 1 aromatic carbocycles. The molecule has 0 radical (unpaired) electrons. The molecule has 0 saturated heterocycles. The Hall–Kier alpha value is -0.600. The first-order valence-electron chi connectivity index (χ1n) is 7.24. The second-order valence-electron chi connectivity index (χ2n) is 5.84. The Morgan fingerprint density at radius 2 is 2.05 bits per heavy atom. The van der Waals surface area contributed by atoms with Crippen LogP contribution in [0.3, 0.4) is 0 Å². The van der Waals surface area contributed by atoms with Crippen LogP contribution in [0.1, 0.15) is 45.1 Å². The number of hydrogen-bond donors (Lipinski definition) is 1. The zero-order chi connectivity index (χ0) is 13.9. The highest BCUT2D eigenvalue weighted by Crippen LogP contribution is 2.43. The fourth-order valence-electron chi connectivity index (χ4n) is 3.13. The second-order valence-corrected chi connectivity index (χ2v) is 6.25. The Balaban J connectivity index is 2.34. The van der Waals surface area contributed by atoms with E-state index < -0.39 is 0 Å². The predicted molar refractivity (Wildman–Crippen MR) is 79.3 cm³/mol. The molecule has 1 aliphatic rings. The summed E-state index contributed by atoms with van der Waals surface area (Å²) < 4.78 is 14.4. The monoisotopic (exact) mass is 283 g/mol. The SMILES string of the molecule is CCNCC1(c2cccc(Cl)c2F)CCC(C)CC1. The largest absolute Gasteiger partial charge is 0.316 e. The van der Waals surface area contributed by atoms with Gasteiger partial charge in [-0.3, -0.25) is 0 Å². The van der Waals surface area contributed by atoms with Gasteiger partial charge in [0.2, 0.25) is 0 Å². The quantitative estimate of drug-likeness (QED) is 0.856. The van der Waals surface area contributed by atoms with Crippen molar-refractivity contribution in [2.24, 2.45) is 5.92 Å². The Bertz CT molecular complexity index is 419. The van der Waals surface area contributed by atoms with E-state index in [0.29, 0.717) is 0 Å². The molecule has 106 valence electrons. The molecule has 0 aliphatic heterocycles. The predicted octanol–water partition coefficient (Wildman–Crippen LogP) is 4.54. The summed E-state index contributed by atoms with van der Waals surface area (Å²) in [5.74, 6) is 0.522. The van der Waals surface area contributed by atoms with Gasteiger partial charge in [0.05, 0.1) is 5.02 Å². The van der Waals surface area contributed by atoms with E-state index in [9.17, 15) is 4.39 Å².